The lowest BCUT2D eigenvalue weighted by atomic mass is 10.1. The van der Waals surface area contributed by atoms with E-state index in [2.05, 4.69) is 5.32 Å². The van der Waals surface area contributed by atoms with Crippen LogP contribution in [0.25, 0.3) is 0 Å². The van der Waals surface area contributed by atoms with E-state index in [1.807, 2.05) is 32.0 Å². The normalized spacial score (nSPS) is 15.4. The second-order valence-corrected chi connectivity index (χ2v) is 9.37. The fourth-order valence-corrected chi connectivity index (χ4v) is 5.22. The molecule has 0 aliphatic carbocycles. The third-order valence-electron chi connectivity index (χ3n) is 5.11. The fourth-order valence-electron chi connectivity index (χ4n) is 3.48. The number of piperidine rings is 1. The average Bonchev–Trinajstić information content (AvgIpc) is 2.70. The molecule has 1 fully saturated rings. The number of hydrogen-bond donors (Lipinski definition) is 1. The van der Waals surface area contributed by atoms with Gasteiger partial charge < -0.3 is 5.32 Å². The van der Waals surface area contributed by atoms with E-state index < -0.39 is 15.9 Å². The lowest BCUT2D eigenvalue weighted by Gasteiger charge is -2.26. The molecule has 2 aromatic rings. The van der Waals surface area contributed by atoms with Gasteiger partial charge in [-0.3, -0.25) is 4.79 Å². The average molecular weight is 421 g/mol. The molecule has 0 bridgehead atoms. The molecule has 0 atom stereocenters. The van der Waals surface area contributed by atoms with Crippen LogP contribution < -0.4 is 5.32 Å². The van der Waals surface area contributed by atoms with Crippen LogP contribution in [0.15, 0.2) is 41.3 Å². The third-order valence-corrected chi connectivity index (χ3v) is 7.34. The largest absolute Gasteiger partial charge is 0.321 e. The van der Waals surface area contributed by atoms with E-state index in [9.17, 15) is 13.2 Å². The van der Waals surface area contributed by atoms with Crippen molar-refractivity contribution in [2.45, 2.75) is 44.4 Å². The fraction of sp³-hybridized carbons (Fsp3) is 0.381. The summed E-state index contributed by atoms with van der Waals surface area (Å²) in [5.74, 6) is -0.412. The standard InChI is InChI=1S/C21H25ClN2O3S/c1-3-16-9-7-8-15(2)20(16)23-21(25)18-14-17(10-11-19(18)22)28(26,27)24-12-5-4-6-13-24/h7-11,14H,3-6,12-13H2,1-2H3,(H,23,25). The molecule has 1 N–H and O–H groups in total. The third kappa shape index (κ3) is 4.24. The number of para-hydroxylation sites is 1. The van der Waals surface area contributed by atoms with Crippen LogP contribution in [0.2, 0.25) is 5.02 Å². The van der Waals surface area contributed by atoms with Crippen molar-refractivity contribution >= 4 is 33.2 Å². The van der Waals surface area contributed by atoms with Crippen molar-refractivity contribution in [2.75, 3.05) is 18.4 Å². The Hall–Kier alpha value is -1.89. The first kappa shape index (κ1) is 20.8. The van der Waals surface area contributed by atoms with Crippen molar-refractivity contribution in [3.05, 3.63) is 58.1 Å². The van der Waals surface area contributed by atoms with E-state index in [0.29, 0.717) is 13.1 Å². The second kappa shape index (κ2) is 8.64. The molecule has 0 spiro atoms. The number of anilines is 1. The van der Waals surface area contributed by atoms with Gasteiger partial charge in [0.25, 0.3) is 5.91 Å². The minimum absolute atomic E-state index is 0.101. The number of benzene rings is 2. The number of amides is 1. The van der Waals surface area contributed by atoms with Gasteiger partial charge in [-0.25, -0.2) is 8.42 Å². The Kier molecular flexibility index (Phi) is 6.43. The summed E-state index contributed by atoms with van der Waals surface area (Å²) >= 11 is 6.24. The van der Waals surface area contributed by atoms with Gasteiger partial charge in [-0.15, -0.1) is 0 Å². The minimum atomic E-state index is -3.63. The molecule has 3 rings (SSSR count). The maximum Gasteiger partial charge on any atom is 0.257 e. The van der Waals surface area contributed by atoms with Gasteiger partial charge in [-0.1, -0.05) is 43.1 Å². The van der Waals surface area contributed by atoms with Gasteiger partial charge in [0, 0.05) is 18.8 Å². The maximum absolute atomic E-state index is 12.9. The summed E-state index contributed by atoms with van der Waals surface area (Å²) < 4.78 is 27.4. The molecule has 0 aromatic heterocycles. The van der Waals surface area contributed by atoms with Crippen LogP contribution in [0.1, 0.15) is 47.7 Å². The number of sulfonamides is 1. The molecule has 0 radical (unpaired) electrons. The summed E-state index contributed by atoms with van der Waals surface area (Å²) in [5, 5.41) is 3.14. The Labute approximate surface area is 171 Å². The highest BCUT2D eigenvalue weighted by atomic mass is 35.5. The molecule has 1 aliphatic rings. The van der Waals surface area contributed by atoms with E-state index in [4.69, 9.17) is 11.6 Å². The molecule has 150 valence electrons. The smallest absolute Gasteiger partial charge is 0.257 e. The van der Waals surface area contributed by atoms with E-state index in [1.165, 1.54) is 22.5 Å². The van der Waals surface area contributed by atoms with Crippen LogP contribution in [0.4, 0.5) is 5.69 Å². The van der Waals surface area contributed by atoms with Crippen molar-refractivity contribution in [3.63, 3.8) is 0 Å². The van der Waals surface area contributed by atoms with Crippen LogP contribution >= 0.6 is 11.6 Å². The molecule has 28 heavy (non-hydrogen) atoms. The summed E-state index contributed by atoms with van der Waals surface area (Å²) in [5.41, 5.74) is 2.86. The number of halogens is 1. The van der Waals surface area contributed by atoms with Gasteiger partial charge in [0.15, 0.2) is 0 Å². The molecular weight excluding hydrogens is 396 g/mol. The zero-order valence-electron chi connectivity index (χ0n) is 16.2. The van der Waals surface area contributed by atoms with Crippen molar-refractivity contribution < 1.29 is 13.2 Å². The predicted molar refractivity (Wildman–Crippen MR) is 113 cm³/mol. The predicted octanol–water partition coefficient (Wildman–Crippen LogP) is 4.64. The lowest BCUT2D eigenvalue weighted by molar-refractivity contribution is 0.102. The summed E-state index contributed by atoms with van der Waals surface area (Å²) in [6.45, 7) is 4.96. The molecule has 1 aliphatic heterocycles. The SMILES string of the molecule is CCc1cccc(C)c1NC(=O)c1cc(S(=O)(=O)N2CCCCC2)ccc1Cl. The first-order valence-corrected chi connectivity index (χ1v) is 11.4. The van der Waals surface area contributed by atoms with Gasteiger partial charge in [-0.05, 0) is 55.5 Å². The van der Waals surface area contributed by atoms with Gasteiger partial charge in [-0.2, -0.15) is 4.31 Å². The first-order chi connectivity index (χ1) is 13.3. The quantitative estimate of drug-likeness (QED) is 0.766. The second-order valence-electron chi connectivity index (χ2n) is 7.02. The van der Waals surface area contributed by atoms with Crippen LogP contribution in [0, 0.1) is 6.92 Å². The molecule has 1 saturated heterocycles. The summed E-state index contributed by atoms with van der Waals surface area (Å²) in [6, 6.07) is 10.2. The number of carbonyl (C=O) groups excluding carboxylic acids is 1. The van der Waals surface area contributed by atoms with E-state index in [1.54, 1.807) is 0 Å². The highest BCUT2D eigenvalue weighted by Crippen LogP contribution is 2.27. The van der Waals surface area contributed by atoms with E-state index >= 15 is 0 Å². The monoisotopic (exact) mass is 420 g/mol. The van der Waals surface area contributed by atoms with Crippen molar-refractivity contribution in [3.8, 4) is 0 Å². The van der Waals surface area contributed by atoms with Crippen LogP contribution in [-0.4, -0.2) is 31.7 Å². The topological polar surface area (TPSA) is 66.5 Å². The van der Waals surface area contributed by atoms with Crippen molar-refractivity contribution in [1.29, 1.82) is 0 Å². The van der Waals surface area contributed by atoms with Crippen molar-refractivity contribution in [1.82, 2.24) is 4.31 Å². The summed E-state index contributed by atoms with van der Waals surface area (Å²) in [4.78, 5) is 13.0. The molecule has 1 heterocycles. The molecule has 1 amide bonds. The number of carbonyl (C=O) groups is 1. The van der Waals surface area contributed by atoms with Gasteiger partial charge in [0.1, 0.15) is 0 Å². The molecule has 0 unspecified atom stereocenters. The zero-order chi connectivity index (χ0) is 20.3. The molecule has 2 aromatic carbocycles. The number of hydrogen-bond acceptors (Lipinski definition) is 3. The zero-order valence-corrected chi connectivity index (χ0v) is 17.7. The van der Waals surface area contributed by atoms with E-state index in [0.717, 1.165) is 42.5 Å². The van der Waals surface area contributed by atoms with Crippen LogP contribution in [-0.2, 0) is 16.4 Å². The maximum atomic E-state index is 12.9. The highest BCUT2D eigenvalue weighted by Gasteiger charge is 2.27. The number of rotatable bonds is 5. The Balaban J connectivity index is 1.93. The molecule has 7 heteroatoms. The van der Waals surface area contributed by atoms with E-state index in [-0.39, 0.29) is 15.5 Å². The van der Waals surface area contributed by atoms with Gasteiger partial charge in [0.05, 0.1) is 15.5 Å². The minimum Gasteiger partial charge on any atom is -0.321 e. The van der Waals surface area contributed by atoms with Crippen molar-refractivity contribution in [2.24, 2.45) is 0 Å². The van der Waals surface area contributed by atoms with Crippen LogP contribution in [0.5, 0.6) is 0 Å². The summed E-state index contributed by atoms with van der Waals surface area (Å²) in [7, 11) is -3.63. The first-order valence-electron chi connectivity index (χ1n) is 9.54. The Morgan fingerprint density at radius 2 is 1.86 bits per heavy atom. The number of nitrogens with one attached hydrogen (secondary N) is 1. The van der Waals surface area contributed by atoms with Gasteiger partial charge >= 0.3 is 0 Å². The molecular formula is C21H25ClN2O3S. The Morgan fingerprint density at radius 3 is 2.54 bits per heavy atom. The molecule has 0 saturated carbocycles. The molecule has 5 nitrogen and oxygen atoms in total. The Morgan fingerprint density at radius 1 is 1.14 bits per heavy atom. The summed E-state index contributed by atoms with van der Waals surface area (Å²) in [6.07, 6.45) is 3.52. The van der Waals surface area contributed by atoms with Gasteiger partial charge in [0.2, 0.25) is 10.0 Å². The number of aryl methyl sites for hydroxylation is 2. The van der Waals surface area contributed by atoms with Crippen LogP contribution in [0.3, 0.4) is 0 Å². The Bertz CT molecular complexity index is 983. The lowest BCUT2D eigenvalue weighted by Crippen LogP contribution is -2.35. The highest BCUT2D eigenvalue weighted by molar-refractivity contribution is 7.89. The number of nitrogens with zero attached hydrogens (tertiary/aromatic N) is 1.